The minimum atomic E-state index is -1.83. The minimum absolute atomic E-state index is 0.168. The van der Waals surface area contributed by atoms with Gasteiger partial charge in [0.1, 0.15) is 41.9 Å². The standard InChI is InChI=1S/C56H85FN6O13/c1-14-45-56(10,70)48(65)35(6)60(11)27-31(2)25-54(8,69)50(33(4)46(34(5)51(67)75-45)44-26-55(9,71-13)49(66)36(7)73-44)76-52-47(64)43(23-32(3)72-52)61(12)28-37-15-17-38(18-16-37)41-20-19-39(24-42(41)57)63-30-40(74-53(63)68)29-62-22-21-58-59-62/h15-22,24,31-36,40,43-50,52,64-66,69-70H,14,23,25-30H2,1-13H3/t31-,32-,33+,34-,35-,36+,40+,43+,44-,45-,46?,47-,48-,49+,50-,52+,54-,55-,56-/m1/s1. The van der Waals surface area contributed by atoms with E-state index in [0.717, 1.165) is 5.56 Å². The molecule has 0 aliphatic carbocycles. The zero-order chi connectivity index (χ0) is 55.8. The fourth-order valence-electron chi connectivity index (χ4n) is 12.7. The van der Waals surface area contributed by atoms with E-state index in [2.05, 4.69) is 10.3 Å². The highest BCUT2D eigenvalue weighted by Crippen LogP contribution is 2.45. The van der Waals surface area contributed by atoms with Crippen molar-refractivity contribution in [1.29, 1.82) is 0 Å². The number of benzene rings is 2. The van der Waals surface area contributed by atoms with Crippen molar-refractivity contribution in [2.75, 3.05) is 39.2 Å². The molecule has 0 saturated carbocycles. The normalized spacial score (nSPS) is 39.6. The smallest absolute Gasteiger partial charge is 0.414 e. The summed E-state index contributed by atoms with van der Waals surface area (Å²) >= 11 is 0. The van der Waals surface area contributed by atoms with Gasteiger partial charge in [-0.2, -0.15) is 0 Å². The number of esters is 1. The molecular formula is C56H85FN6O13. The van der Waals surface area contributed by atoms with Crippen LogP contribution in [0.25, 0.3) is 11.1 Å². The zero-order valence-electron chi connectivity index (χ0n) is 46.7. The predicted molar refractivity (Wildman–Crippen MR) is 280 cm³/mol. The Hall–Kier alpha value is -4.19. The van der Waals surface area contributed by atoms with Gasteiger partial charge in [-0.25, -0.2) is 13.9 Å². The van der Waals surface area contributed by atoms with Gasteiger partial charge in [-0.15, -0.1) is 5.10 Å². The van der Waals surface area contributed by atoms with E-state index in [0.29, 0.717) is 42.9 Å². The third kappa shape index (κ3) is 12.8. The first-order valence-corrected chi connectivity index (χ1v) is 27.0. The predicted octanol–water partition coefficient (Wildman–Crippen LogP) is 5.17. The number of halogens is 1. The molecule has 4 fully saturated rings. The van der Waals surface area contributed by atoms with Crippen LogP contribution in [0.2, 0.25) is 0 Å². The van der Waals surface area contributed by atoms with Gasteiger partial charge in [0.15, 0.2) is 6.29 Å². The van der Waals surface area contributed by atoms with Crippen molar-refractivity contribution in [3.8, 4) is 11.1 Å². The number of carbonyl (C=O) groups excluding carboxylic acids is 2. The SMILES string of the molecule is CC[C@H]1OC(=O)[C@H](C)C([C@H]2C[C@@](C)(OC)[C@@H](O)[C@H](C)O2)[C@H](C)[C@@H](O[C@@H]2O[C@H](C)C[C@H](N(C)Cc3ccc(-c4ccc(N5C[C@H](Cn6ccnn6)OC5=O)cc4F)cc3)[C@H]2O)[C@](C)(O)C[C@@H](C)CN(C)[C@H](C)[C@@H](O)[C@]1(C)O. The number of ether oxygens (including phenoxy) is 6. The molecule has 2 aromatic carbocycles. The topological polar surface area (TPSA) is 231 Å². The molecular weight excluding hydrogens is 984 g/mol. The van der Waals surface area contributed by atoms with Crippen LogP contribution in [0.15, 0.2) is 54.9 Å². The summed E-state index contributed by atoms with van der Waals surface area (Å²) < 4.78 is 55.1. The molecule has 3 aromatic rings. The first-order chi connectivity index (χ1) is 35.7. The number of aromatic nitrogens is 3. The average molecular weight is 1070 g/mol. The second-order valence-corrected chi connectivity index (χ2v) is 23.3. The molecule has 19 nitrogen and oxygen atoms in total. The van der Waals surface area contributed by atoms with Crippen LogP contribution in [0.3, 0.4) is 0 Å². The first-order valence-electron chi connectivity index (χ1n) is 27.0. The van der Waals surface area contributed by atoms with Gasteiger partial charge in [0, 0.05) is 56.4 Å². The fraction of sp³-hybridized carbons (Fsp3) is 0.714. The Balaban J connectivity index is 1.13. The molecule has 0 spiro atoms. The van der Waals surface area contributed by atoms with E-state index >= 15 is 4.39 Å². The monoisotopic (exact) mass is 1070 g/mol. The Morgan fingerprint density at radius 1 is 0.921 bits per heavy atom. The number of anilines is 1. The molecule has 1 unspecified atom stereocenters. The van der Waals surface area contributed by atoms with Gasteiger partial charge in [-0.1, -0.05) is 57.2 Å². The highest BCUT2D eigenvalue weighted by atomic mass is 19.1. The van der Waals surface area contributed by atoms with E-state index < -0.39 is 126 Å². The van der Waals surface area contributed by atoms with Gasteiger partial charge in [-0.3, -0.25) is 14.6 Å². The Bertz CT molecular complexity index is 2400. The van der Waals surface area contributed by atoms with Crippen molar-refractivity contribution in [2.24, 2.45) is 23.7 Å². The zero-order valence-corrected chi connectivity index (χ0v) is 46.7. The molecule has 19 atom stereocenters. The molecule has 5 N–H and O–H groups in total. The Kier molecular flexibility index (Phi) is 18.8. The van der Waals surface area contributed by atoms with Crippen LogP contribution in [0.4, 0.5) is 14.9 Å². The molecule has 7 rings (SSSR count). The lowest BCUT2D eigenvalue weighted by atomic mass is 9.68. The van der Waals surface area contributed by atoms with Crippen LogP contribution >= 0.6 is 0 Å². The van der Waals surface area contributed by atoms with E-state index in [1.807, 2.05) is 68.9 Å². The summed E-state index contributed by atoms with van der Waals surface area (Å²) in [7, 11) is 5.26. The van der Waals surface area contributed by atoms with Crippen molar-refractivity contribution in [1.82, 2.24) is 24.8 Å². The number of cyclic esters (lactones) is 2. The molecule has 4 aliphatic heterocycles. The van der Waals surface area contributed by atoms with E-state index in [1.165, 1.54) is 25.0 Å². The third-order valence-corrected chi connectivity index (χ3v) is 17.2. The van der Waals surface area contributed by atoms with Gasteiger partial charge in [-0.05, 0) is 116 Å². The molecule has 1 amide bonds. The van der Waals surface area contributed by atoms with Crippen molar-refractivity contribution < 1.29 is 67.9 Å². The second-order valence-electron chi connectivity index (χ2n) is 23.3. The number of nitrogens with zero attached hydrogens (tertiary/aromatic N) is 6. The summed E-state index contributed by atoms with van der Waals surface area (Å²) in [6, 6.07) is 11.1. The van der Waals surface area contributed by atoms with E-state index in [-0.39, 0.29) is 31.7 Å². The van der Waals surface area contributed by atoms with E-state index in [1.54, 1.807) is 70.8 Å². The Labute approximate surface area is 447 Å². The first kappa shape index (κ1) is 59.5. The number of hydrogen-bond acceptors (Lipinski definition) is 17. The summed E-state index contributed by atoms with van der Waals surface area (Å²) in [6.45, 7) is 19.2. The number of carbonyl (C=O) groups is 2. The van der Waals surface area contributed by atoms with Crippen molar-refractivity contribution in [3.63, 3.8) is 0 Å². The number of aliphatic hydroxyl groups is 5. The summed E-state index contributed by atoms with van der Waals surface area (Å²) in [5.74, 6) is -3.78. The molecule has 4 aliphatic rings. The third-order valence-electron chi connectivity index (χ3n) is 17.2. The van der Waals surface area contributed by atoms with Crippen LogP contribution in [0, 0.1) is 29.5 Å². The number of hydrogen-bond donors (Lipinski definition) is 5. The van der Waals surface area contributed by atoms with E-state index in [9.17, 15) is 35.1 Å². The molecule has 5 heterocycles. The minimum Gasteiger partial charge on any atom is -0.459 e. The number of likely N-dealkylation sites (N-methyl/N-ethyl adjacent to an activating group) is 2. The summed E-state index contributed by atoms with van der Waals surface area (Å²) in [4.78, 5) is 32.7. The lowest BCUT2D eigenvalue weighted by Crippen LogP contribution is -2.62. The van der Waals surface area contributed by atoms with Crippen molar-refractivity contribution in [2.45, 2.75) is 198 Å². The maximum Gasteiger partial charge on any atom is 0.414 e. The fourth-order valence-corrected chi connectivity index (χ4v) is 12.7. The molecule has 4 saturated heterocycles. The largest absolute Gasteiger partial charge is 0.459 e. The van der Waals surface area contributed by atoms with Crippen LogP contribution in [-0.2, 0) is 46.3 Å². The Morgan fingerprint density at radius 3 is 2.25 bits per heavy atom. The summed E-state index contributed by atoms with van der Waals surface area (Å²) in [5.41, 5.74) is -2.26. The molecule has 76 heavy (non-hydrogen) atoms. The highest BCUT2D eigenvalue weighted by molar-refractivity contribution is 5.90. The van der Waals surface area contributed by atoms with Gasteiger partial charge in [0.2, 0.25) is 0 Å². The maximum atomic E-state index is 15.8. The van der Waals surface area contributed by atoms with Crippen LogP contribution in [0.5, 0.6) is 0 Å². The molecule has 0 bridgehead atoms. The number of amides is 1. The lowest BCUT2D eigenvalue weighted by Gasteiger charge is -2.51. The van der Waals surface area contributed by atoms with Crippen LogP contribution in [-0.4, -0.2) is 187 Å². The summed E-state index contributed by atoms with van der Waals surface area (Å²) in [5, 5.41) is 68.0. The van der Waals surface area contributed by atoms with Gasteiger partial charge >= 0.3 is 12.1 Å². The Morgan fingerprint density at radius 2 is 1.62 bits per heavy atom. The van der Waals surface area contributed by atoms with Crippen LogP contribution in [0.1, 0.15) is 100 Å². The molecule has 20 heteroatoms. The van der Waals surface area contributed by atoms with Crippen LogP contribution < -0.4 is 4.90 Å². The highest BCUT2D eigenvalue weighted by Gasteiger charge is 2.55. The maximum absolute atomic E-state index is 15.8. The van der Waals surface area contributed by atoms with Gasteiger partial charge in [0.25, 0.3) is 0 Å². The average Bonchev–Trinajstić information content (AvgIpc) is 4.02. The van der Waals surface area contributed by atoms with Gasteiger partial charge < -0.3 is 58.9 Å². The number of aliphatic hydroxyl groups excluding tert-OH is 3. The van der Waals surface area contributed by atoms with Crippen molar-refractivity contribution in [3.05, 3.63) is 66.2 Å². The van der Waals surface area contributed by atoms with Crippen molar-refractivity contribution >= 4 is 17.7 Å². The lowest BCUT2D eigenvalue weighted by molar-refractivity contribution is -0.303. The van der Waals surface area contributed by atoms with E-state index in [4.69, 9.17) is 28.4 Å². The summed E-state index contributed by atoms with van der Waals surface area (Å²) in [6.07, 6.45) is -5.60. The molecule has 0 radical (unpaired) electrons. The molecule has 424 valence electrons. The number of rotatable bonds is 12. The quantitative estimate of drug-likeness (QED) is 0.147. The second kappa shape index (κ2) is 24.0. The molecule has 1 aromatic heterocycles. The van der Waals surface area contributed by atoms with Gasteiger partial charge in [0.05, 0.1) is 66.5 Å². The number of methoxy groups -OCH3 is 1.